The predicted molar refractivity (Wildman–Crippen MR) is 104 cm³/mol. The fourth-order valence-electron chi connectivity index (χ4n) is 1.97. The molecular weight excluding hydrogens is 423 g/mol. The lowest BCUT2D eigenvalue weighted by Crippen LogP contribution is -2.18. The van der Waals surface area contributed by atoms with E-state index in [1.165, 1.54) is 31.5 Å². The van der Waals surface area contributed by atoms with E-state index in [-0.39, 0.29) is 14.9 Å². The molecular formula is C16H15Cl3N2O4S. The van der Waals surface area contributed by atoms with Crippen LogP contribution < -0.4 is 14.3 Å². The van der Waals surface area contributed by atoms with Crippen LogP contribution in [0.1, 0.15) is 12.5 Å². The molecule has 0 spiro atoms. The maximum Gasteiger partial charge on any atom is 0.276 e. The summed E-state index contributed by atoms with van der Waals surface area (Å²) in [5.41, 5.74) is 0.521. The fraction of sp³-hybridized carbons (Fsp3) is 0.188. The van der Waals surface area contributed by atoms with E-state index in [4.69, 9.17) is 44.3 Å². The number of hydrazone groups is 1. The second kappa shape index (κ2) is 8.81. The van der Waals surface area contributed by atoms with Crippen molar-refractivity contribution in [3.63, 3.8) is 0 Å². The highest BCUT2D eigenvalue weighted by molar-refractivity contribution is 7.89. The zero-order valence-corrected chi connectivity index (χ0v) is 16.9. The van der Waals surface area contributed by atoms with Crippen molar-refractivity contribution < 1.29 is 17.9 Å². The highest BCUT2D eigenvalue weighted by Gasteiger charge is 2.15. The van der Waals surface area contributed by atoms with Crippen LogP contribution in [-0.2, 0) is 10.0 Å². The number of halogens is 3. The third-order valence-electron chi connectivity index (χ3n) is 3.13. The monoisotopic (exact) mass is 436 g/mol. The molecule has 6 nitrogen and oxygen atoms in total. The molecule has 0 amide bonds. The molecule has 0 aromatic heterocycles. The summed E-state index contributed by atoms with van der Waals surface area (Å²) in [6, 6.07) is 7.14. The van der Waals surface area contributed by atoms with Gasteiger partial charge in [0.2, 0.25) is 0 Å². The first-order chi connectivity index (χ1) is 12.3. The number of methoxy groups -OCH3 is 1. The topological polar surface area (TPSA) is 77.0 Å². The maximum absolute atomic E-state index is 12.2. The molecule has 0 saturated carbocycles. The van der Waals surface area contributed by atoms with Crippen LogP contribution in [0.25, 0.3) is 0 Å². The third-order valence-corrected chi connectivity index (χ3v) is 5.37. The number of benzene rings is 2. The molecule has 1 N–H and O–H groups in total. The van der Waals surface area contributed by atoms with E-state index in [9.17, 15) is 8.42 Å². The number of sulfonamides is 1. The molecule has 0 atom stereocenters. The van der Waals surface area contributed by atoms with Crippen LogP contribution in [0.2, 0.25) is 15.1 Å². The normalized spacial score (nSPS) is 11.6. The lowest BCUT2D eigenvalue weighted by atomic mass is 10.2. The van der Waals surface area contributed by atoms with Gasteiger partial charge in [-0.2, -0.15) is 13.5 Å². The summed E-state index contributed by atoms with van der Waals surface area (Å²) in [4.78, 5) is 2.03. The molecule has 0 aliphatic heterocycles. The minimum Gasteiger partial charge on any atom is -0.493 e. The third kappa shape index (κ3) is 4.94. The molecule has 10 heteroatoms. The quantitative estimate of drug-likeness (QED) is 0.515. The van der Waals surface area contributed by atoms with Crippen LogP contribution in [0.4, 0.5) is 0 Å². The van der Waals surface area contributed by atoms with E-state index in [1.807, 2.05) is 6.92 Å². The van der Waals surface area contributed by atoms with E-state index < -0.39 is 10.0 Å². The minimum absolute atomic E-state index is 0.0636. The van der Waals surface area contributed by atoms with E-state index in [2.05, 4.69) is 9.93 Å². The van der Waals surface area contributed by atoms with E-state index in [1.54, 1.807) is 12.1 Å². The first kappa shape index (κ1) is 20.6. The number of hydrogen-bond donors (Lipinski definition) is 1. The Bertz CT molecular complexity index is 933. The smallest absolute Gasteiger partial charge is 0.276 e. The molecule has 26 heavy (non-hydrogen) atoms. The molecule has 0 bridgehead atoms. The van der Waals surface area contributed by atoms with Gasteiger partial charge in [-0.15, -0.1) is 0 Å². The molecule has 0 heterocycles. The summed E-state index contributed by atoms with van der Waals surface area (Å²) in [5, 5.41) is 4.44. The summed E-state index contributed by atoms with van der Waals surface area (Å²) in [6.45, 7) is 2.25. The second-order valence-corrected chi connectivity index (χ2v) is 7.78. The van der Waals surface area contributed by atoms with E-state index in [0.717, 1.165) is 0 Å². The average molecular weight is 438 g/mol. The van der Waals surface area contributed by atoms with Crippen LogP contribution in [0.3, 0.4) is 0 Å². The first-order valence-electron chi connectivity index (χ1n) is 7.28. The Labute approximate surface area is 166 Å². The number of hydrogen-bond acceptors (Lipinski definition) is 5. The van der Waals surface area contributed by atoms with Crippen LogP contribution >= 0.6 is 34.8 Å². The molecule has 0 aliphatic rings. The Morgan fingerprint density at radius 2 is 1.85 bits per heavy atom. The zero-order valence-electron chi connectivity index (χ0n) is 13.8. The van der Waals surface area contributed by atoms with Crippen molar-refractivity contribution in [2.45, 2.75) is 11.8 Å². The summed E-state index contributed by atoms with van der Waals surface area (Å²) >= 11 is 17.8. The molecule has 0 radical (unpaired) electrons. The second-order valence-electron chi connectivity index (χ2n) is 4.90. The Hall–Kier alpha value is -1.67. The highest BCUT2D eigenvalue weighted by atomic mass is 35.5. The van der Waals surface area contributed by atoms with Gasteiger partial charge in [0.1, 0.15) is 0 Å². The van der Waals surface area contributed by atoms with Gasteiger partial charge in [0.25, 0.3) is 10.0 Å². The highest BCUT2D eigenvalue weighted by Crippen LogP contribution is 2.36. The zero-order chi connectivity index (χ0) is 19.3. The lowest BCUT2D eigenvalue weighted by Gasteiger charge is -2.11. The van der Waals surface area contributed by atoms with Crippen LogP contribution in [0.5, 0.6) is 11.5 Å². The Kier molecular flexibility index (Phi) is 7.00. The molecule has 0 saturated heterocycles. The van der Waals surface area contributed by atoms with Gasteiger partial charge in [0, 0.05) is 0 Å². The van der Waals surface area contributed by atoms with Gasteiger partial charge in [0.05, 0.1) is 39.9 Å². The largest absolute Gasteiger partial charge is 0.493 e. The van der Waals surface area contributed by atoms with Crippen LogP contribution in [0, 0.1) is 0 Å². The number of nitrogens with one attached hydrogen (secondary N) is 1. The summed E-state index contributed by atoms with van der Waals surface area (Å²) < 4.78 is 35.1. The van der Waals surface area contributed by atoms with Crippen molar-refractivity contribution in [3.05, 3.63) is 51.0 Å². The molecule has 2 rings (SSSR count). The first-order valence-corrected chi connectivity index (χ1v) is 9.90. The summed E-state index contributed by atoms with van der Waals surface area (Å²) in [5.74, 6) is 0.818. The number of ether oxygens (including phenoxy) is 2. The maximum atomic E-state index is 12.2. The van der Waals surface area contributed by atoms with E-state index >= 15 is 0 Å². The Morgan fingerprint density at radius 1 is 1.12 bits per heavy atom. The van der Waals surface area contributed by atoms with Crippen molar-refractivity contribution >= 4 is 51.0 Å². The van der Waals surface area contributed by atoms with Crippen molar-refractivity contribution in [2.75, 3.05) is 13.7 Å². The number of nitrogens with zero attached hydrogens (tertiary/aromatic N) is 1. The Morgan fingerprint density at radius 3 is 2.46 bits per heavy atom. The lowest BCUT2D eigenvalue weighted by molar-refractivity contribution is 0.311. The average Bonchev–Trinajstić information content (AvgIpc) is 2.59. The predicted octanol–water partition coefficient (Wildman–Crippen LogP) is 4.37. The summed E-state index contributed by atoms with van der Waals surface area (Å²) in [7, 11) is -2.42. The summed E-state index contributed by atoms with van der Waals surface area (Å²) in [6.07, 6.45) is 1.29. The van der Waals surface area contributed by atoms with E-state index in [0.29, 0.717) is 28.7 Å². The van der Waals surface area contributed by atoms with Gasteiger partial charge in [-0.05, 0) is 42.8 Å². The fourth-order valence-corrected chi connectivity index (χ4v) is 3.42. The van der Waals surface area contributed by atoms with Crippen molar-refractivity contribution in [1.82, 2.24) is 4.83 Å². The van der Waals surface area contributed by atoms with Gasteiger partial charge < -0.3 is 9.47 Å². The molecule has 0 aliphatic carbocycles. The SMILES string of the molecule is CCOc1c(Cl)cc(/C=N/NS(=O)(=O)c2ccc(Cl)c(Cl)c2)cc1OC. The van der Waals surface area contributed by atoms with Crippen molar-refractivity contribution in [1.29, 1.82) is 0 Å². The van der Waals surface area contributed by atoms with Gasteiger partial charge in [-0.1, -0.05) is 34.8 Å². The minimum atomic E-state index is -3.89. The van der Waals surface area contributed by atoms with Gasteiger partial charge in [0.15, 0.2) is 11.5 Å². The van der Waals surface area contributed by atoms with Gasteiger partial charge in [-0.3, -0.25) is 0 Å². The van der Waals surface area contributed by atoms with Crippen LogP contribution in [0.15, 0.2) is 40.3 Å². The number of rotatable bonds is 7. The van der Waals surface area contributed by atoms with Crippen LogP contribution in [-0.4, -0.2) is 28.3 Å². The molecule has 2 aromatic carbocycles. The molecule has 140 valence electrons. The van der Waals surface area contributed by atoms with Gasteiger partial charge >= 0.3 is 0 Å². The van der Waals surface area contributed by atoms with Crippen molar-refractivity contribution in [3.8, 4) is 11.5 Å². The molecule has 0 fully saturated rings. The Balaban J connectivity index is 2.21. The standard InChI is InChI=1S/C16H15Cl3N2O4S/c1-3-25-16-14(19)6-10(7-15(16)24-2)9-20-21-26(22,23)11-4-5-12(17)13(18)8-11/h4-9,21H,3H2,1-2H3/b20-9+. The molecule has 0 unspecified atom stereocenters. The van der Waals surface area contributed by atoms with Gasteiger partial charge in [-0.25, -0.2) is 4.83 Å². The molecule has 2 aromatic rings. The van der Waals surface area contributed by atoms with Crippen molar-refractivity contribution in [2.24, 2.45) is 5.10 Å².